The van der Waals surface area contributed by atoms with Gasteiger partial charge in [-0.25, -0.2) is 0 Å². The molecule has 0 aliphatic heterocycles. The van der Waals surface area contributed by atoms with Crippen LogP contribution in [0, 0.1) is 0 Å². The van der Waals surface area contributed by atoms with Gasteiger partial charge in [-0.1, -0.05) is 18.2 Å². The first-order valence-corrected chi connectivity index (χ1v) is 1.06. The van der Waals surface area contributed by atoms with Crippen molar-refractivity contribution in [2.45, 2.75) is 0 Å². The van der Waals surface area contributed by atoms with E-state index < -0.39 is 0 Å². The molecule has 29 valence electrons. The summed E-state index contributed by atoms with van der Waals surface area (Å²) in [6.07, 6.45) is 0. The molecule has 0 aromatic heterocycles. The van der Waals surface area contributed by atoms with E-state index in [1.165, 1.54) is 5.54 Å². The minimum atomic E-state index is 0. The second-order valence-corrected chi connectivity index (χ2v) is 0.463. The molecule has 0 aliphatic rings. The second kappa shape index (κ2) is 9.61. The minimum absolute atomic E-state index is 0. The van der Waals surface area contributed by atoms with E-state index in [9.17, 15) is 0 Å². The van der Waals surface area contributed by atoms with Gasteiger partial charge >= 0.3 is 0 Å². The minimum Gasteiger partial charge on any atom is -0.0936 e. The molecule has 0 fully saturated rings. The van der Waals surface area contributed by atoms with Crippen molar-refractivity contribution in [2.24, 2.45) is 0 Å². The Hall–Kier alpha value is 0.549. The van der Waals surface area contributed by atoms with Crippen LogP contribution in [0.1, 0.15) is 0 Å². The Balaban J connectivity index is 0. The monoisotopic (exact) mass is 125 g/mol. The van der Waals surface area contributed by atoms with Crippen molar-refractivity contribution < 1.29 is 17.1 Å². The summed E-state index contributed by atoms with van der Waals surface area (Å²) in [5.74, 6) is 0. The maximum atomic E-state index is 4.76. The van der Waals surface area contributed by atoms with Crippen LogP contribution < -0.4 is 0 Å². The van der Waals surface area contributed by atoms with E-state index in [1.807, 2.05) is 0 Å². The summed E-state index contributed by atoms with van der Waals surface area (Å²) in [5, 5.41) is 0. The third-order valence-corrected chi connectivity index (χ3v) is 0. The Labute approximate surface area is 41.3 Å². The van der Waals surface area contributed by atoms with Crippen molar-refractivity contribution in [3.63, 3.8) is 0 Å². The Kier molecular flexibility index (Phi) is 21.2. The van der Waals surface area contributed by atoms with Crippen molar-refractivity contribution in [3.05, 3.63) is 12.1 Å². The van der Waals surface area contributed by atoms with Crippen LogP contribution in [0.25, 0.3) is 0 Å². The van der Waals surface area contributed by atoms with Crippen LogP contribution in [0.4, 0.5) is 0 Å². The Morgan fingerprint density at radius 2 is 1.75 bits per heavy atom. The molecule has 0 saturated heterocycles. The van der Waals surface area contributed by atoms with E-state index in [-0.39, 0.29) is 17.1 Å². The molecule has 0 aromatic rings. The molecule has 0 spiro atoms. The number of rotatable bonds is 0. The summed E-state index contributed by atoms with van der Waals surface area (Å²) in [5.41, 5.74) is 1.22. The first kappa shape index (κ1) is 8.82. The van der Waals surface area contributed by atoms with E-state index in [0.717, 1.165) is 0 Å². The SMILES string of the molecule is C=CCl.[Cu]. The third kappa shape index (κ3) is 20.3. The van der Waals surface area contributed by atoms with Crippen molar-refractivity contribution in [1.29, 1.82) is 0 Å². The van der Waals surface area contributed by atoms with Gasteiger partial charge in [0.15, 0.2) is 0 Å². The molecular formula is C2H3ClCu. The predicted molar refractivity (Wildman–Crippen MR) is 16.1 cm³/mol. The Morgan fingerprint density at radius 1 is 1.75 bits per heavy atom. The topological polar surface area (TPSA) is 0 Å². The molecule has 0 aromatic carbocycles. The number of hydrogen-bond acceptors (Lipinski definition) is 0. The number of hydrogen-bond donors (Lipinski definition) is 0. The molecule has 1 radical (unpaired) electrons. The summed E-state index contributed by atoms with van der Waals surface area (Å²) in [4.78, 5) is 0. The molecule has 0 bridgehead atoms. The van der Waals surface area contributed by atoms with E-state index in [2.05, 4.69) is 6.58 Å². The van der Waals surface area contributed by atoms with Crippen LogP contribution in [0.3, 0.4) is 0 Å². The van der Waals surface area contributed by atoms with Crippen LogP contribution in [-0.4, -0.2) is 0 Å². The van der Waals surface area contributed by atoms with Crippen molar-refractivity contribution >= 4 is 11.6 Å². The average Bonchev–Trinajstić information content (AvgIpc) is 0.918. The summed E-state index contributed by atoms with van der Waals surface area (Å²) >= 11 is 4.76. The van der Waals surface area contributed by atoms with E-state index in [1.54, 1.807) is 0 Å². The van der Waals surface area contributed by atoms with Crippen molar-refractivity contribution in [2.75, 3.05) is 0 Å². The molecular weight excluding hydrogens is 123 g/mol. The largest absolute Gasteiger partial charge is 0.0936 e. The standard InChI is InChI=1S/C2H3Cl.Cu/c1-2-3;/h2H,1H2;. The van der Waals surface area contributed by atoms with Gasteiger partial charge in [0, 0.05) is 17.1 Å². The number of halogens is 1. The summed E-state index contributed by atoms with van der Waals surface area (Å²) in [6, 6.07) is 0. The zero-order valence-electron chi connectivity index (χ0n) is 1.96. The quantitative estimate of drug-likeness (QED) is 0.430. The van der Waals surface area contributed by atoms with Gasteiger partial charge in [-0.05, 0) is 5.54 Å². The third-order valence-electron chi connectivity index (χ3n) is 0. The molecule has 0 atom stereocenters. The molecule has 0 heterocycles. The molecule has 2 heteroatoms. The smallest absolute Gasteiger partial charge is 0 e. The fraction of sp³-hybridized carbons (Fsp3) is 0. The zero-order chi connectivity index (χ0) is 2.71. The van der Waals surface area contributed by atoms with Crippen LogP contribution in [0.15, 0.2) is 12.1 Å². The van der Waals surface area contributed by atoms with Crippen LogP contribution in [0.5, 0.6) is 0 Å². The predicted octanol–water partition coefficient (Wildman–Crippen LogP) is 1.37. The molecule has 0 rings (SSSR count). The molecule has 0 saturated carbocycles. The summed E-state index contributed by atoms with van der Waals surface area (Å²) < 4.78 is 0. The zero-order valence-corrected chi connectivity index (χ0v) is 3.66. The molecule has 0 aliphatic carbocycles. The van der Waals surface area contributed by atoms with Gasteiger partial charge < -0.3 is 0 Å². The summed E-state index contributed by atoms with van der Waals surface area (Å²) in [6.45, 7) is 3.13. The first-order chi connectivity index (χ1) is 1.41. The van der Waals surface area contributed by atoms with Gasteiger partial charge in [0.2, 0.25) is 0 Å². The van der Waals surface area contributed by atoms with Crippen LogP contribution >= 0.6 is 11.6 Å². The maximum absolute atomic E-state index is 4.76. The fourth-order valence-electron chi connectivity index (χ4n) is 0. The Morgan fingerprint density at radius 3 is 1.75 bits per heavy atom. The molecule has 0 nitrogen and oxygen atoms in total. The molecule has 0 N–H and O–H groups in total. The molecule has 0 amide bonds. The molecule has 4 heavy (non-hydrogen) atoms. The summed E-state index contributed by atoms with van der Waals surface area (Å²) in [7, 11) is 0. The van der Waals surface area contributed by atoms with Crippen LogP contribution in [0.2, 0.25) is 0 Å². The van der Waals surface area contributed by atoms with Gasteiger partial charge in [-0.2, -0.15) is 0 Å². The second-order valence-electron chi connectivity index (χ2n) is 0.154. The van der Waals surface area contributed by atoms with Gasteiger partial charge in [0.25, 0.3) is 0 Å². The maximum Gasteiger partial charge on any atom is 0 e. The van der Waals surface area contributed by atoms with Crippen molar-refractivity contribution in [3.8, 4) is 0 Å². The first-order valence-electron chi connectivity index (χ1n) is 0.626. The van der Waals surface area contributed by atoms with E-state index in [4.69, 9.17) is 11.6 Å². The van der Waals surface area contributed by atoms with Crippen LogP contribution in [-0.2, 0) is 17.1 Å². The fourth-order valence-corrected chi connectivity index (χ4v) is 0. The van der Waals surface area contributed by atoms with Gasteiger partial charge in [0.1, 0.15) is 0 Å². The molecule has 0 unspecified atom stereocenters. The van der Waals surface area contributed by atoms with Gasteiger partial charge in [0.05, 0.1) is 0 Å². The van der Waals surface area contributed by atoms with Gasteiger partial charge in [-0.3, -0.25) is 0 Å². The van der Waals surface area contributed by atoms with Gasteiger partial charge in [-0.15, -0.1) is 0 Å². The van der Waals surface area contributed by atoms with E-state index in [0.29, 0.717) is 0 Å². The normalized spacial score (nSPS) is 3.25. The Bertz CT molecular complexity index is 13.5. The van der Waals surface area contributed by atoms with Crippen molar-refractivity contribution in [1.82, 2.24) is 0 Å². The average molecular weight is 126 g/mol. The van der Waals surface area contributed by atoms with E-state index >= 15 is 0 Å².